The fourth-order valence-corrected chi connectivity index (χ4v) is 4.28. The molecule has 4 heterocycles. The lowest BCUT2D eigenvalue weighted by molar-refractivity contribution is 0.161. The number of hydrogen-bond acceptors (Lipinski definition) is 6. The third kappa shape index (κ3) is 4.22. The normalized spacial score (nSPS) is 19.8. The van der Waals surface area contributed by atoms with E-state index < -0.39 is 23.5 Å². The van der Waals surface area contributed by atoms with Crippen LogP contribution in [0.5, 0.6) is 6.01 Å². The molecule has 1 aromatic carbocycles. The lowest BCUT2D eigenvalue weighted by Gasteiger charge is -2.35. The standard InChI is InChI=1S/C22H22F3N7O2/c1-13-10-32-19(12-31(13)22(33)29-14-7-16(23)20(25)17(24)8-14)18(9-28-32)30-6-3-15(11-30)34-21-26-4-2-5-27-21/h2,4-5,7-9,13,15H,3,6,10-12H2,1H3,(H,29,33)/t13-,15+/m0/s1. The van der Waals surface area contributed by atoms with E-state index in [-0.39, 0.29) is 24.4 Å². The zero-order valence-corrected chi connectivity index (χ0v) is 18.3. The first-order valence-corrected chi connectivity index (χ1v) is 10.8. The molecule has 12 heteroatoms. The van der Waals surface area contributed by atoms with Crippen LogP contribution in [0.25, 0.3) is 0 Å². The first-order valence-electron chi connectivity index (χ1n) is 10.8. The van der Waals surface area contributed by atoms with Crippen LogP contribution in [0, 0.1) is 17.5 Å². The van der Waals surface area contributed by atoms with Crippen LogP contribution in [-0.2, 0) is 13.1 Å². The second-order valence-electron chi connectivity index (χ2n) is 8.33. The molecule has 2 aliphatic rings. The fourth-order valence-electron chi connectivity index (χ4n) is 4.28. The highest BCUT2D eigenvalue weighted by molar-refractivity contribution is 5.89. The van der Waals surface area contributed by atoms with Crippen molar-refractivity contribution in [3.63, 3.8) is 0 Å². The van der Waals surface area contributed by atoms with E-state index >= 15 is 0 Å². The van der Waals surface area contributed by atoms with Crippen LogP contribution in [0.1, 0.15) is 19.0 Å². The largest absolute Gasteiger partial charge is 0.458 e. The Morgan fingerprint density at radius 1 is 1.15 bits per heavy atom. The summed E-state index contributed by atoms with van der Waals surface area (Å²) >= 11 is 0. The summed E-state index contributed by atoms with van der Waals surface area (Å²) in [5, 5.41) is 6.94. The second-order valence-corrected chi connectivity index (χ2v) is 8.33. The Labute approximate surface area is 193 Å². The number of nitrogens with zero attached hydrogens (tertiary/aromatic N) is 6. The average Bonchev–Trinajstić information content (AvgIpc) is 3.43. The molecule has 1 saturated heterocycles. The van der Waals surface area contributed by atoms with Gasteiger partial charge in [-0.25, -0.2) is 27.9 Å². The Bertz CT molecular complexity index is 1180. The second kappa shape index (κ2) is 8.84. The Morgan fingerprint density at radius 3 is 2.62 bits per heavy atom. The van der Waals surface area contributed by atoms with Gasteiger partial charge in [0, 0.05) is 43.2 Å². The quantitative estimate of drug-likeness (QED) is 0.586. The number of carbonyl (C=O) groups is 1. The number of anilines is 2. The van der Waals surface area contributed by atoms with E-state index in [0.29, 0.717) is 19.1 Å². The maximum Gasteiger partial charge on any atom is 0.322 e. The molecular formula is C22H22F3N7O2. The first kappa shape index (κ1) is 22.0. The number of rotatable bonds is 4. The molecule has 0 saturated carbocycles. The van der Waals surface area contributed by atoms with Gasteiger partial charge in [0.2, 0.25) is 0 Å². The van der Waals surface area contributed by atoms with E-state index in [1.165, 1.54) is 0 Å². The lowest BCUT2D eigenvalue weighted by atomic mass is 10.2. The smallest absolute Gasteiger partial charge is 0.322 e. The summed E-state index contributed by atoms with van der Waals surface area (Å²) in [4.78, 5) is 24.8. The molecule has 2 aliphatic heterocycles. The summed E-state index contributed by atoms with van der Waals surface area (Å²) in [6.45, 7) is 3.92. The molecule has 0 bridgehead atoms. The molecule has 0 radical (unpaired) electrons. The van der Waals surface area contributed by atoms with Gasteiger partial charge in [0.05, 0.1) is 43.3 Å². The molecule has 2 amide bonds. The fraction of sp³-hybridized carbons (Fsp3) is 0.364. The van der Waals surface area contributed by atoms with Crippen LogP contribution in [0.3, 0.4) is 0 Å². The molecule has 2 aromatic heterocycles. The number of aromatic nitrogens is 4. The number of fused-ring (bicyclic) bond motifs is 1. The number of hydrogen-bond donors (Lipinski definition) is 1. The number of nitrogens with one attached hydrogen (secondary N) is 1. The molecular weight excluding hydrogens is 451 g/mol. The molecule has 0 aliphatic carbocycles. The van der Waals surface area contributed by atoms with Gasteiger partial charge in [-0.2, -0.15) is 5.10 Å². The van der Waals surface area contributed by atoms with Gasteiger partial charge in [0.25, 0.3) is 0 Å². The molecule has 9 nitrogen and oxygen atoms in total. The molecule has 1 fully saturated rings. The van der Waals surface area contributed by atoms with Gasteiger partial charge in [0.1, 0.15) is 6.10 Å². The first-order chi connectivity index (χ1) is 16.4. The Hall–Kier alpha value is -3.83. The lowest BCUT2D eigenvalue weighted by Crippen LogP contribution is -2.47. The van der Waals surface area contributed by atoms with Crippen molar-refractivity contribution in [2.24, 2.45) is 0 Å². The van der Waals surface area contributed by atoms with E-state index in [9.17, 15) is 18.0 Å². The van der Waals surface area contributed by atoms with Crippen LogP contribution in [0.2, 0.25) is 0 Å². The number of urea groups is 1. The Morgan fingerprint density at radius 2 is 1.88 bits per heavy atom. The third-order valence-corrected chi connectivity index (χ3v) is 6.01. The summed E-state index contributed by atoms with van der Waals surface area (Å²) in [6.07, 6.45) is 5.72. The van der Waals surface area contributed by atoms with Crippen molar-refractivity contribution < 1.29 is 22.7 Å². The summed E-state index contributed by atoms with van der Waals surface area (Å²) in [5.41, 5.74) is 1.58. The highest BCUT2D eigenvalue weighted by Crippen LogP contribution is 2.30. The van der Waals surface area contributed by atoms with Crippen LogP contribution < -0.4 is 15.0 Å². The SMILES string of the molecule is C[C@H]1Cn2ncc(N3CC[C@@H](Oc4ncccn4)C3)c2CN1C(=O)Nc1cc(F)c(F)c(F)c1. The minimum atomic E-state index is -1.58. The zero-order valence-electron chi connectivity index (χ0n) is 18.3. The van der Waals surface area contributed by atoms with Gasteiger partial charge in [0.15, 0.2) is 17.5 Å². The van der Waals surface area contributed by atoms with Crippen LogP contribution in [0.15, 0.2) is 36.8 Å². The maximum atomic E-state index is 13.5. The van der Waals surface area contributed by atoms with Gasteiger partial charge < -0.3 is 19.9 Å². The molecule has 178 valence electrons. The number of ether oxygens (including phenoxy) is 1. The summed E-state index contributed by atoms with van der Waals surface area (Å²) in [7, 11) is 0. The van der Waals surface area contributed by atoms with Crippen molar-refractivity contribution in [3.05, 3.63) is 59.9 Å². The van der Waals surface area contributed by atoms with Gasteiger partial charge in [-0.1, -0.05) is 0 Å². The monoisotopic (exact) mass is 473 g/mol. The highest BCUT2D eigenvalue weighted by Gasteiger charge is 2.33. The van der Waals surface area contributed by atoms with Crippen molar-refractivity contribution in [1.82, 2.24) is 24.6 Å². The van der Waals surface area contributed by atoms with Gasteiger partial charge in [-0.3, -0.25) is 4.68 Å². The molecule has 2 atom stereocenters. The van der Waals surface area contributed by atoms with E-state index in [2.05, 4.69) is 25.3 Å². The van der Waals surface area contributed by atoms with E-state index in [4.69, 9.17) is 4.74 Å². The van der Waals surface area contributed by atoms with Gasteiger partial charge >= 0.3 is 12.0 Å². The van der Waals surface area contributed by atoms with Crippen molar-refractivity contribution in [3.8, 4) is 6.01 Å². The average molecular weight is 473 g/mol. The molecule has 0 unspecified atom stereocenters. The van der Waals surface area contributed by atoms with Crippen molar-refractivity contribution in [2.75, 3.05) is 23.3 Å². The number of amides is 2. The predicted molar refractivity (Wildman–Crippen MR) is 116 cm³/mol. The Balaban J connectivity index is 1.29. The Kier molecular flexibility index (Phi) is 5.72. The minimum absolute atomic E-state index is 0.0804. The predicted octanol–water partition coefficient (Wildman–Crippen LogP) is 3.18. The van der Waals surface area contributed by atoms with Crippen LogP contribution >= 0.6 is 0 Å². The maximum absolute atomic E-state index is 13.5. The molecule has 5 rings (SSSR count). The number of benzene rings is 1. The van der Waals surface area contributed by atoms with Crippen molar-refractivity contribution in [2.45, 2.75) is 38.6 Å². The number of carbonyl (C=O) groups excluding carboxylic acids is 1. The zero-order chi connectivity index (χ0) is 23.8. The molecule has 34 heavy (non-hydrogen) atoms. The molecule has 1 N–H and O–H groups in total. The van der Waals surface area contributed by atoms with Crippen LogP contribution in [0.4, 0.5) is 29.3 Å². The van der Waals surface area contributed by atoms with Gasteiger partial charge in [-0.15, -0.1) is 0 Å². The molecule has 3 aromatic rings. The molecule has 0 spiro atoms. The van der Waals surface area contributed by atoms with E-state index in [0.717, 1.165) is 36.5 Å². The van der Waals surface area contributed by atoms with Crippen molar-refractivity contribution in [1.29, 1.82) is 0 Å². The third-order valence-electron chi connectivity index (χ3n) is 6.01. The summed E-state index contributed by atoms with van der Waals surface area (Å²) in [6, 6.07) is 2.79. The summed E-state index contributed by atoms with van der Waals surface area (Å²) < 4.78 is 48.0. The number of halogens is 3. The van der Waals surface area contributed by atoms with Gasteiger partial charge in [-0.05, 0) is 13.0 Å². The highest BCUT2D eigenvalue weighted by atomic mass is 19.2. The summed E-state index contributed by atoms with van der Waals surface area (Å²) in [5.74, 6) is -4.31. The topological polar surface area (TPSA) is 88.4 Å². The van der Waals surface area contributed by atoms with E-state index in [1.807, 2.05) is 11.6 Å². The van der Waals surface area contributed by atoms with Crippen LogP contribution in [-0.4, -0.2) is 55.9 Å². The van der Waals surface area contributed by atoms with Crippen molar-refractivity contribution >= 4 is 17.4 Å². The minimum Gasteiger partial charge on any atom is -0.458 e. The van der Waals surface area contributed by atoms with E-state index in [1.54, 1.807) is 29.6 Å².